The molecule has 1 heterocycles. The van der Waals surface area contributed by atoms with Crippen molar-refractivity contribution in [2.75, 3.05) is 19.6 Å². The molecule has 0 spiro atoms. The van der Waals surface area contributed by atoms with E-state index in [1.807, 2.05) is 0 Å². The zero-order valence-electron chi connectivity index (χ0n) is 12.9. The molecule has 0 aromatic heterocycles. The Kier molecular flexibility index (Phi) is 6.95. The summed E-state index contributed by atoms with van der Waals surface area (Å²) in [6, 6.07) is 1.37. The summed E-state index contributed by atoms with van der Waals surface area (Å²) < 4.78 is 0. The molecule has 0 aromatic rings. The molecule has 1 fully saturated rings. The van der Waals surface area contributed by atoms with Crippen LogP contribution in [-0.2, 0) is 0 Å². The molecule has 0 radical (unpaired) electrons. The van der Waals surface area contributed by atoms with Crippen LogP contribution < -0.4 is 5.32 Å². The second-order valence-electron chi connectivity index (χ2n) is 5.88. The van der Waals surface area contributed by atoms with Crippen molar-refractivity contribution in [1.82, 2.24) is 10.2 Å². The third kappa shape index (κ3) is 4.10. The van der Waals surface area contributed by atoms with Gasteiger partial charge in [-0.15, -0.1) is 0 Å². The number of rotatable bonds is 6. The minimum atomic E-state index is 0.667. The third-order valence-electron chi connectivity index (χ3n) is 4.70. The molecule has 0 amide bonds. The van der Waals surface area contributed by atoms with Crippen LogP contribution in [0.3, 0.4) is 0 Å². The molecular weight excluding hydrogens is 220 g/mol. The van der Waals surface area contributed by atoms with Crippen molar-refractivity contribution in [3.63, 3.8) is 0 Å². The van der Waals surface area contributed by atoms with Crippen LogP contribution in [-0.4, -0.2) is 36.6 Å². The number of hydrogen-bond donors (Lipinski definition) is 1. The quantitative estimate of drug-likeness (QED) is 0.730. The molecule has 0 aromatic carbocycles. The first-order valence-corrected chi connectivity index (χ1v) is 7.72. The highest BCUT2D eigenvalue weighted by Gasteiger charge is 2.31. The van der Waals surface area contributed by atoms with Crippen LogP contribution in [0.1, 0.15) is 47.5 Å². The second-order valence-corrected chi connectivity index (χ2v) is 5.88. The Morgan fingerprint density at radius 2 is 1.89 bits per heavy atom. The Morgan fingerprint density at radius 1 is 1.22 bits per heavy atom. The predicted molar refractivity (Wildman–Crippen MR) is 80.9 cm³/mol. The lowest BCUT2D eigenvalue weighted by Crippen LogP contribution is -2.60. The smallest absolute Gasteiger partial charge is 0.0250 e. The number of nitrogens with zero attached hydrogens (tertiary/aromatic N) is 1. The normalized spacial score (nSPS) is 29.6. The lowest BCUT2D eigenvalue weighted by atomic mass is 9.90. The lowest BCUT2D eigenvalue weighted by molar-refractivity contribution is 0.0870. The van der Waals surface area contributed by atoms with Crippen LogP contribution in [0.2, 0.25) is 0 Å². The van der Waals surface area contributed by atoms with Crippen LogP contribution in [0.5, 0.6) is 0 Å². The summed E-state index contributed by atoms with van der Waals surface area (Å²) in [5, 5.41) is 3.78. The molecule has 0 saturated carbocycles. The third-order valence-corrected chi connectivity index (χ3v) is 4.70. The van der Waals surface area contributed by atoms with Crippen LogP contribution in [0.25, 0.3) is 0 Å². The van der Waals surface area contributed by atoms with Gasteiger partial charge in [0.1, 0.15) is 0 Å². The van der Waals surface area contributed by atoms with E-state index >= 15 is 0 Å². The number of hydrogen-bond acceptors (Lipinski definition) is 2. The van der Waals surface area contributed by atoms with Crippen LogP contribution in [0, 0.1) is 11.8 Å². The van der Waals surface area contributed by atoms with Gasteiger partial charge in [-0.25, -0.2) is 0 Å². The summed E-state index contributed by atoms with van der Waals surface area (Å²) in [5.41, 5.74) is 0. The van der Waals surface area contributed by atoms with E-state index in [1.54, 1.807) is 0 Å². The number of nitrogens with one attached hydrogen (secondary N) is 1. The molecule has 1 aliphatic heterocycles. The highest BCUT2D eigenvalue weighted by molar-refractivity contribution is 4.94. The predicted octanol–water partition coefficient (Wildman–Crippen LogP) is 3.30. The van der Waals surface area contributed by atoms with Crippen molar-refractivity contribution >= 4 is 0 Å². The highest BCUT2D eigenvalue weighted by atomic mass is 15.2. The number of piperazine rings is 1. The average molecular weight is 252 g/mol. The van der Waals surface area contributed by atoms with Gasteiger partial charge in [0.05, 0.1) is 0 Å². The molecule has 2 heteroatoms. The summed E-state index contributed by atoms with van der Waals surface area (Å²) in [7, 11) is 0. The maximum Gasteiger partial charge on any atom is 0.0250 e. The van der Waals surface area contributed by atoms with E-state index in [-0.39, 0.29) is 0 Å². The van der Waals surface area contributed by atoms with Crippen LogP contribution in [0.4, 0.5) is 0 Å². The first kappa shape index (κ1) is 15.7. The SMILES string of the molecule is C/C=C/CN1CC(C(C)CC)NCC1C(C)CC. The van der Waals surface area contributed by atoms with Crippen LogP contribution >= 0.6 is 0 Å². The molecule has 106 valence electrons. The van der Waals surface area contributed by atoms with E-state index in [1.165, 1.54) is 19.4 Å². The lowest BCUT2D eigenvalue weighted by Gasteiger charge is -2.44. The van der Waals surface area contributed by atoms with E-state index in [2.05, 4.69) is 57.0 Å². The first-order chi connectivity index (χ1) is 8.63. The average Bonchev–Trinajstić information content (AvgIpc) is 2.42. The van der Waals surface area contributed by atoms with Gasteiger partial charge >= 0.3 is 0 Å². The van der Waals surface area contributed by atoms with Gasteiger partial charge in [0, 0.05) is 31.7 Å². The molecule has 1 saturated heterocycles. The fourth-order valence-electron chi connectivity index (χ4n) is 2.80. The van der Waals surface area contributed by atoms with E-state index in [0.29, 0.717) is 12.1 Å². The maximum atomic E-state index is 3.78. The van der Waals surface area contributed by atoms with Crippen molar-refractivity contribution < 1.29 is 0 Å². The topological polar surface area (TPSA) is 15.3 Å². The molecule has 4 unspecified atom stereocenters. The highest BCUT2D eigenvalue weighted by Crippen LogP contribution is 2.21. The Hall–Kier alpha value is -0.340. The summed E-state index contributed by atoms with van der Waals surface area (Å²) in [6.45, 7) is 14.9. The van der Waals surface area contributed by atoms with Gasteiger partial charge in [-0.2, -0.15) is 0 Å². The summed E-state index contributed by atoms with van der Waals surface area (Å²) in [6.07, 6.45) is 7.01. The summed E-state index contributed by atoms with van der Waals surface area (Å²) in [4.78, 5) is 2.68. The molecule has 0 bridgehead atoms. The molecule has 1 rings (SSSR count). The molecule has 2 nitrogen and oxygen atoms in total. The maximum absolute atomic E-state index is 3.78. The first-order valence-electron chi connectivity index (χ1n) is 7.72. The fraction of sp³-hybridized carbons (Fsp3) is 0.875. The molecular formula is C16H32N2. The molecule has 1 N–H and O–H groups in total. The van der Waals surface area contributed by atoms with Gasteiger partial charge in [-0.3, -0.25) is 4.90 Å². The monoisotopic (exact) mass is 252 g/mol. The minimum absolute atomic E-state index is 0.667. The van der Waals surface area contributed by atoms with E-state index < -0.39 is 0 Å². The standard InChI is InChI=1S/C16H32N2/c1-6-9-10-18-12-15(13(4)7-2)17-11-16(18)14(5)8-3/h6,9,13-17H,7-8,10-12H2,1-5H3/b9-6+. The minimum Gasteiger partial charge on any atom is -0.311 e. The molecule has 18 heavy (non-hydrogen) atoms. The van der Waals surface area contributed by atoms with Crippen LogP contribution in [0.15, 0.2) is 12.2 Å². The Labute approximate surface area is 114 Å². The fourth-order valence-corrected chi connectivity index (χ4v) is 2.80. The van der Waals surface area contributed by atoms with E-state index in [9.17, 15) is 0 Å². The van der Waals surface area contributed by atoms with Crippen molar-refractivity contribution in [2.24, 2.45) is 11.8 Å². The van der Waals surface area contributed by atoms with E-state index in [4.69, 9.17) is 0 Å². The second kappa shape index (κ2) is 7.96. The van der Waals surface area contributed by atoms with Gasteiger partial charge < -0.3 is 5.32 Å². The summed E-state index contributed by atoms with van der Waals surface area (Å²) in [5.74, 6) is 1.55. The Morgan fingerprint density at radius 3 is 2.44 bits per heavy atom. The van der Waals surface area contributed by atoms with Crippen molar-refractivity contribution in [1.29, 1.82) is 0 Å². The van der Waals surface area contributed by atoms with Gasteiger partial charge in [-0.05, 0) is 18.8 Å². The van der Waals surface area contributed by atoms with Gasteiger partial charge in [-0.1, -0.05) is 52.7 Å². The zero-order chi connectivity index (χ0) is 13.5. The molecule has 4 atom stereocenters. The molecule has 1 aliphatic rings. The largest absolute Gasteiger partial charge is 0.311 e. The van der Waals surface area contributed by atoms with Crippen molar-refractivity contribution in [3.05, 3.63) is 12.2 Å². The van der Waals surface area contributed by atoms with E-state index in [0.717, 1.165) is 24.9 Å². The summed E-state index contributed by atoms with van der Waals surface area (Å²) >= 11 is 0. The molecule has 0 aliphatic carbocycles. The van der Waals surface area contributed by atoms with Gasteiger partial charge in [0.2, 0.25) is 0 Å². The van der Waals surface area contributed by atoms with Crippen molar-refractivity contribution in [3.8, 4) is 0 Å². The van der Waals surface area contributed by atoms with Gasteiger partial charge in [0.15, 0.2) is 0 Å². The Bertz CT molecular complexity index is 249. The van der Waals surface area contributed by atoms with Gasteiger partial charge in [0.25, 0.3) is 0 Å². The number of allylic oxidation sites excluding steroid dienone is 1. The zero-order valence-corrected chi connectivity index (χ0v) is 12.9. The Balaban J connectivity index is 2.66. The van der Waals surface area contributed by atoms with Crippen molar-refractivity contribution in [2.45, 2.75) is 59.5 Å².